The first kappa shape index (κ1) is 10.3. The smallest absolute Gasteiger partial charge is 0.405 e. The van der Waals surface area contributed by atoms with Crippen molar-refractivity contribution in [3.05, 3.63) is 23.8 Å². The van der Waals surface area contributed by atoms with E-state index in [0.29, 0.717) is 5.30 Å². The Kier molecular flexibility index (Phi) is 2.81. The van der Waals surface area contributed by atoms with Gasteiger partial charge in [0.25, 0.3) is 0 Å². The van der Waals surface area contributed by atoms with Crippen LogP contribution in [0.3, 0.4) is 0 Å². The monoisotopic (exact) mass is 208 g/mol. The fourth-order valence-corrected chi connectivity index (χ4v) is 1.30. The van der Waals surface area contributed by atoms with Gasteiger partial charge in [-0.25, -0.2) is 0 Å². The van der Waals surface area contributed by atoms with Crippen LogP contribution in [0.15, 0.2) is 18.2 Å². The Hall–Kier alpha value is -0.760. The van der Waals surface area contributed by atoms with Gasteiger partial charge in [-0.1, -0.05) is 11.6 Å². The second-order valence-electron chi connectivity index (χ2n) is 2.59. The molecular weight excluding hydrogens is 200 g/mol. The van der Waals surface area contributed by atoms with Crippen LogP contribution in [-0.2, 0) is 0 Å². The summed E-state index contributed by atoms with van der Waals surface area (Å²) < 4.78 is 39.1. The van der Waals surface area contributed by atoms with Gasteiger partial charge in [0.15, 0.2) is 0 Å². The molecule has 0 saturated carbocycles. The number of benzene rings is 1. The van der Waals surface area contributed by atoms with Gasteiger partial charge in [-0.15, -0.1) is 22.4 Å². The van der Waals surface area contributed by atoms with Gasteiger partial charge in [0.1, 0.15) is 5.75 Å². The Bertz CT molecular complexity index is 309. The maximum absolute atomic E-state index is 11.8. The van der Waals surface area contributed by atoms with Crippen LogP contribution in [0.1, 0.15) is 5.56 Å². The lowest BCUT2D eigenvalue weighted by Crippen LogP contribution is -2.19. The average Bonchev–Trinajstić information content (AvgIpc) is 1.93. The van der Waals surface area contributed by atoms with Crippen LogP contribution in [0.4, 0.5) is 13.2 Å². The van der Waals surface area contributed by atoms with Crippen LogP contribution in [-0.4, -0.2) is 6.36 Å². The van der Waals surface area contributed by atoms with Crippen LogP contribution < -0.4 is 10.0 Å². The number of hydrogen-bond acceptors (Lipinski definition) is 1. The second kappa shape index (κ2) is 3.54. The molecule has 0 radical (unpaired) electrons. The van der Waals surface area contributed by atoms with Crippen LogP contribution in [0.2, 0.25) is 0 Å². The van der Waals surface area contributed by atoms with Gasteiger partial charge in [0, 0.05) is 5.30 Å². The van der Waals surface area contributed by atoms with Crippen molar-refractivity contribution in [2.24, 2.45) is 0 Å². The summed E-state index contributed by atoms with van der Waals surface area (Å²) >= 11 is 0. The van der Waals surface area contributed by atoms with Gasteiger partial charge in [0.05, 0.1) is 0 Å². The highest BCUT2D eigenvalue weighted by atomic mass is 31.0. The molecule has 0 heterocycles. The Balaban J connectivity index is 2.90. The molecule has 0 amide bonds. The lowest BCUT2D eigenvalue weighted by Gasteiger charge is -2.11. The molecule has 0 N–H and O–H groups in total. The Labute approximate surface area is 76.1 Å². The predicted molar refractivity (Wildman–Crippen MR) is 47.2 cm³/mol. The SMILES string of the molecule is Cc1ccc(OC(F)(F)F)c(P)c1. The van der Waals surface area contributed by atoms with Crippen molar-refractivity contribution in [2.45, 2.75) is 13.3 Å². The largest absolute Gasteiger partial charge is 0.573 e. The maximum Gasteiger partial charge on any atom is 0.573 e. The van der Waals surface area contributed by atoms with Crippen molar-refractivity contribution < 1.29 is 17.9 Å². The van der Waals surface area contributed by atoms with Crippen molar-refractivity contribution in [1.29, 1.82) is 0 Å². The van der Waals surface area contributed by atoms with Crippen molar-refractivity contribution in [2.75, 3.05) is 0 Å². The molecule has 0 aliphatic carbocycles. The van der Waals surface area contributed by atoms with E-state index in [1.54, 1.807) is 19.1 Å². The molecule has 1 aromatic carbocycles. The number of hydrogen-bond donors (Lipinski definition) is 0. The molecule has 13 heavy (non-hydrogen) atoms. The van der Waals surface area contributed by atoms with E-state index in [4.69, 9.17) is 0 Å². The van der Waals surface area contributed by atoms with E-state index in [2.05, 4.69) is 14.0 Å². The molecule has 0 bridgehead atoms. The first-order valence-corrected chi connectivity index (χ1v) is 4.08. The number of alkyl halides is 3. The van der Waals surface area contributed by atoms with Crippen LogP contribution >= 0.6 is 9.24 Å². The van der Waals surface area contributed by atoms with Gasteiger partial charge in [0.2, 0.25) is 0 Å². The molecule has 0 aromatic heterocycles. The quantitative estimate of drug-likeness (QED) is 0.644. The summed E-state index contributed by atoms with van der Waals surface area (Å²) in [5.74, 6) is -0.178. The second-order valence-corrected chi connectivity index (χ2v) is 3.21. The predicted octanol–water partition coefficient (Wildman–Crippen LogP) is 2.39. The van der Waals surface area contributed by atoms with Crippen LogP contribution in [0, 0.1) is 6.92 Å². The first-order chi connectivity index (χ1) is 5.88. The minimum absolute atomic E-state index is 0.178. The van der Waals surface area contributed by atoms with Gasteiger partial charge < -0.3 is 4.74 Å². The third-order valence-corrected chi connectivity index (χ3v) is 1.84. The lowest BCUT2D eigenvalue weighted by molar-refractivity contribution is -0.274. The zero-order chi connectivity index (χ0) is 10.1. The molecule has 0 fully saturated rings. The highest BCUT2D eigenvalue weighted by Gasteiger charge is 2.31. The maximum atomic E-state index is 11.8. The molecule has 1 atom stereocenters. The van der Waals surface area contributed by atoms with E-state index in [-0.39, 0.29) is 5.75 Å². The summed E-state index contributed by atoms with van der Waals surface area (Å²) in [6.45, 7) is 1.80. The number of halogens is 3. The summed E-state index contributed by atoms with van der Waals surface area (Å²) in [4.78, 5) is 0. The Morgan fingerprint density at radius 3 is 2.38 bits per heavy atom. The molecule has 0 aliphatic rings. The molecular formula is C8H8F3OP. The van der Waals surface area contributed by atoms with E-state index in [9.17, 15) is 13.2 Å². The zero-order valence-corrected chi connectivity index (χ0v) is 8.01. The van der Waals surface area contributed by atoms with E-state index in [1.807, 2.05) is 0 Å². The lowest BCUT2D eigenvalue weighted by atomic mass is 10.2. The topological polar surface area (TPSA) is 9.23 Å². The third kappa shape index (κ3) is 3.23. The third-order valence-electron chi connectivity index (χ3n) is 1.39. The number of ether oxygens (including phenoxy) is 1. The molecule has 1 nitrogen and oxygen atoms in total. The minimum atomic E-state index is -4.62. The summed E-state index contributed by atoms with van der Waals surface area (Å²) in [6, 6.07) is 4.46. The minimum Gasteiger partial charge on any atom is -0.405 e. The van der Waals surface area contributed by atoms with Gasteiger partial charge in [-0.2, -0.15) is 0 Å². The molecule has 1 aromatic rings. The standard InChI is InChI=1S/C8H8F3OP/c1-5-2-3-6(7(13)4-5)12-8(9,10)11/h2-4H,13H2,1H3. The fraction of sp³-hybridized carbons (Fsp3) is 0.250. The number of rotatable bonds is 1. The van der Waals surface area contributed by atoms with Crippen LogP contribution in [0.25, 0.3) is 0 Å². The molecule has 1 rings (SSSR count). The van der Waals surface area contributed by atoms with Crippen molar-refractivity contribution >= 4 is 14.5 Å². The molecule has 1 unspecified atom stereocenters. The fourth-order valence-electron chi connectivity index (χ4n) is 0.886. The van der Waals surface area contributed by atoms with E-state index >= 15 is 0 Å². The van der Waals surface area contributed by atoms with Crippen molar-refractivity contribution in [3.63, 3.8) is 0 Å². The molecule has 0 aliphatic heterocycles. The van der Waals surface area contributed by atoms with Gasteiger partial charge in [-0.3, -0.25) is 0 Å². The van der Waals surface area contributed by atoms with Crippen LogP contribution in [0.5, 0.6) is 5.75 Å². The Morgan fingerprint density at radius 2 is 1.92 bits per heavy atom. The van der Waals surface area contributed by atoms with Crippen molar-refractivity contribution in [1.82, 2.24) is 0 Å². The van der Waals surface area contributed by atoms with E-state index in [0.717, 1.165) is 5.56 Å². The molecule has 0 saturated heterocycles. The summed E-state index contributed by atoms with van der Waals surface area (Å²) in [5, 5.41) is 0.400. The summed E-state index contributed by atoms with van der Waals surface area (Å²) in [5.41, 5.74) is 0.888. The average molecular weight is 208 g/mol. The van der Waals surface area contributed by atoms with Crippen molar-refractivity contribution in [3.8, 4) is 5.75 Å². The van der Waals surface area contributed by atoms with E-state index in [1.165, 1.54) is 6.07 Å². The normalized spacial score (nSPS) is 11.5. The highest BCUT2D eigenvalue weighted by Crippen LogP contribution is 2.22. The first-order valence-electron chi connectivity index (χ1n) is 3.50. The molecule has 5 heteroatoms. The van der Waals surface area contributed by atoms with E-state index < -0.39 is 6.36 Å². The Morgan fingerprint density at radius 1 is 1.31 bits per heavy atom. The van der Waals surface area contributed by atoms with Gasteiger partial charge in [-0.05, 0) is 19.1 Å². The number of aryl methyl sites for hydroxylation is 1. The zero-order valence-electron chi connectivity index (χ0n) is 6.85. The summed E-state index contributed by atoms with van der Waals surface area (Å²) in [6.07, 6.45) is -4.62. The summed E-state index contributed by atoms with van der Waals surface area (Å²) in [7, 11) is 2.20. The molecule has 72 valence electrons. The van der Waals surface area contributed by atoms with Gasteiger partial charge >= 0.3 is 6.36 Å². The molecule has 0 spiro atoms. The highest BCUT2D eigenvalue weighted by molar-refractivity contribution is 7.27.